The molecule has 6 nitrogen and oxygen atoms in total. The van der Waals surface area contributed by atoms with Crippen molar-refractivity contribution in [2.75, 3.05) is 13.2 Å². The van der Waals surface area contributed by atoms with E-state index < -0.39 is 0 Å². The minimum atomic E-state index is -0.129. The van der Waals surface area contributed by atoms with Gasteiger partial charge in [-0.1, -0.05) is 30.3 Å². The molecule has 1 aliphatic rings. The summed E-state index contributed by atoms with van der Waals surface area (Å²) < 4.78 is 5.50. The number of pyridine rings is 1. The van der Waals surface area contributed by atoms with Crippen molar-refractivity contribution in [3.8, 4) is 5.75 Å². The second-order valence-corrected chi connectivity index (χ2v) is 7.16. The maximum Gasteiger partial charge on any atom is 0.258 e. The number of carbonyl (C=O) groups excluding carboxylic acids is 2. The smallest absolute Gasteiger partial charge is 0.258 e. The third kappa shape index (κ3) is 5.10. The number of hydrogen-bond donors (Lipinski definition) is 2. The molecule has 2 N–H and O–H groups in total. The molecule has 2 amide bonds. The molecule has 0 radical (unpaired) electrons. The van der Waals surface area contributed by atoms with Gasteiger partial charge in [-0.25, -0.2) is 0 Å². The number of rotatable bonds is 8. The van der Waals surface area contributed by atoms with Crippen LogP contribution in [0.3, 0.4) is 0 Å². The van der Waals surface area contributed by atoms with Gasteiger partial charge in [0.25, 0.3) is 11.8 Å². The zero-order chi connectivity index (χ0) is 20.1. The highest BCUT2D eigenvalue weighted by molar-refractivity contribution is 6.05. The lowest BCUT2D eigenvalue weighted by Gasteiger charge is -2.09. The van der Waals surface area contributed by atoms with Crippen LogP contribution in [0.2, 0.25) is 0 Å². The van der Waals surface area contributed by atoms with E-state index in [0.29, 0.717) is 35.8 Å². The summed E-state index contributed by atoms with van der Waals surface area (Å²) in [6.45, 7) is 0.553. The molecule has 0 spiro atoms. The Morgan fingerprint density at radius 2 is 1.83 bits per heavy atom. The molecule has 0 atom stereocenters. The quantitative estimate of drug-likeness (QED) is 0.621. The third-order valence-electron chi connectivity index (χ3n) is 4.81. The Balaban J connectivity index is 1.25. The molecule has 0 unspecified atom stereocenters. The summed E-state index contributed by atoms with van der Waals surface area (Å²) in [5.74, 6) is 0.448. The number of hydrogen-bond acceptors (Lipinski definition) is 4. The topological polar surface area (TPSA) is 80.3 Å². The highest BCUT2D eigenvalue weighted by Crippen LogP contribution is 2.19. The summed E-state index contributed by atoms with van der Waals surface area (Å²) in [4.78, 5) is 28.5. The van der Waals surface area contributed by atoms with Crippen molar-refractivity contribution in [1.29, 1.82) is 0 Å². The average Bonchev–Trinajstić information content (AvgIpc) is 3.56. The molecular formula is C23H23N3O3. The van der Waals surface area contributed by atoms with Crippen molar-refractivity contribution in [2.24, 2.45) is 0 Å². The largest absolute Gasteiger partial charge is 0.484 e. The number of nitrogens with zero attached hydrogens (tertiary/aromatic N) is 1. The molecule has 0 bridgehead atoms. The Hall–Kier alpha value is -3.41. The third-order valence-corrected chi connectivity index (χ3v) is 4.81. The minimum Gasteiger partial charge on any atom is -0.484 e. The molecule has 3 aromatic rings. The van der Waals surface area contributed by atoms with Gasteiger partial charge in [-0.2, -0.15) is 0 Å². The average molecular weight is 389 g/mol. The lowest BCUT2D eigenvalue weighted by molar-refractivity contribution is -0.123. The standard InChI is InChI=1S/C23H23N3O3/c27-21(26-18-8-9-18)15-29-19-10-6-16(7-11-19)12-14-25-23(28)20-5-1-3-17-4-2-13-24-22(17)20/h1-7,10-11,13,18H,8-9,12,14-15H2,(H,25,28)(H,26,27). The summed E-state index contributed by atoms with van der Waals surface area (Å²) in [5, 5.41) is 6.79. The number of amides is 2. The van der Waals surface area contributed by atoms with Gasteiger partial charge >= 0.3 is 0 Å². The molecule has 1 fully saturated rings. The number of fused-ring (bicyclic) bond motifs is 1. The van der Waals surface area contributed by atoms with Gasteiger partial charge in [-0.3, -0.25) is 14.6 Å². The Morgan fingerprint density at radius 1 is 1.03 bits per heavy atom. The molecule has 0 saturated heterocycles. The van der Waals surface area contributed by atoms with Crippen molar-refractivity contribution in [2.45, 2.75) is 25.3 Å². The van der Waals surface area contributed by atoms with Gasteiger partial charge < -0.3 is 15.4 Å². The molecule has 1 heterocycles. The summed E-state index contributed by atoms with van der Waals surface area (Å²) in [6, 6.07) is 17.3. The summed E-state index contributed by atoms with van der Waals surface area (Å²) in [5.41, 5.74) is 2.37. The van der Waals surface area contributed by atoms with E-state index in [2.05, 4.69) is 15.6 Å². The van der Waals surface area contributed by atoms with Crippen LogP contribution in [0, 0.1) is 0 Å². The fourth-order valence-electron chi connectivity index (χ4n) is 3.10. The SMILES string of the molecule is O=C(COc1ccc(CCNC(=O)c2cccc3cccnc23)cc1)NC1CC1. The van der Waals surface area contributed by atoms with Crippen LogP contribution in [0.15, 0.2) is 60.8 Å². The van der Waals surface area contributed by atoms with E-state index in [1.807, 2.05) is 48.5 Å². The monoisotopic (exact) mass is 389 g/mol. The second kappa shape index (κ2) is 8.73. The van der Waals surface area contributed by atoms with Crippen LogP contribution in [-0.2, 0) is 11.2 Å². The molecule has 4 rings (SSSR count). The molecule has 148 valence electrons. The van der Waals surface area contributed by atoms with Gasteiger partial charge in [0.15, 0.2) is 6.61 Å². The first-order chi connectivity index (χ1) is 14.2. The van der Waals surface area contributed by atoms with Crippen LogP contribution in [0.1, 0.15) is 28.8 Å². The highest BCUT2D eigenvalue weighted by atomic mass is 16.5. The van der Waals surface area contributed by atoms with Crippen molar-refractivity contribution in [3.05, 3.63) is 71.9 Å². The van der Waals surface area contributed by atoms with Crippen molar-refractivity contribution in [1.82, 2.24) is 15.6 Å². The van der Waals surface area contributed by atoms with Crippen LogP contribution in [0.5, 0.6) is 5.75 Å². The fraction of sp³-hybridized carbons (Fsp3) is 0.261. The maximum atomic E-state index is 12.5. The van der Waals surface area contributed by atoms with Gasteiger partial charge in [0.2, 0.25) is 0 Å². The van der Waals surface area contributed by atoms with Crippen molar-refractivity contribution >= 4 is 22.7 Å². The summed E-state index contributed by atoms with van der Waals surface area (Å²) in [7, 11) is 0. The summed E-state index contributed by atoms with van der Waals surface area (Å²) >= 11 is 0. The molecule has 2 aromatic carbocycles. The number of ether oxygens (including phenoxy) is 1. The molecule has 1 aromatic heterocycles. The zero-order valence-electron chi connectivity index (χ0n) is 16.1. The van der Waals surface area contributed by atoms with Crippen molar-refractivity contribution in [3.63, 3.8) is 0 Å². The molecule has 0 aliphatic heterocycles. The number of carbonyl (C=O) groups is 2. The van der Waals surface area contributed by atoms with Crippen LogP contribution in [0.4, 0.5) is 0 Å². The van der Waals surface area contributed by atoms with E-state index in [4.69, 9.17) is 4.74 Å². The molecule has 29 heavy (non-hydrogen) atoms. The second-order valence-electron chi connectivity index (χ2n) is 7.16. The van der Waals surface area contributed by atoms with Crippen LogP contribution < -0.4 is 15.4 Å². The van der Waals surface area contributed by atoms with E-state index in [-0.39, 0.29) is 18.4 Å². The van der Waals surface area contributed by atoms with E-state index in [9.17, 15) is 9.59 Å². The van der Waals surface area contributed by atoms with Gasteiger partial charge in [0.1, 0.15) is 5.75 Å². The predicted octanol–water partition coefficient (Wildman–Crippen LogP) is 2.86. The first-order valence-electron chi connectivity index (χ1n) is 9.82. The summed E-state index contributed by atoms with van der Waals surface area (Å²) in [6.07, 6.45) is 4.52. The Morgan fingerprint density at radius 3 is 2.62 bits per heavy atom. The first kappa shape index (κ1) is 18.9. The van der Waals surface area contributed by atoms with Gasteiger partial charge in [0.05, 0.1) is 11.1 Å². The van der Waals surface area contributed by atoms with E-state index >= 15 is 0 Å². The van der Waals surface area contributed by atoms with Gasteiger partial charge in [-0.15, -0.1) is 0 Å². The maximum absolute atomic E-state index is 12.5. The highest BCUT2D eigenvalue weighted by Gasteiger charge is 2.23. The Labute approximate surface area is 169 Å². The number of aromatic nitrogens is 1. The molecule has 1 saturated carbocycles. The zero-order valence-corrected chi connectivity index (χ0v) is 16.1. The normalized spacial score (nSPS) is 13.1. The van der Waals surface area contributed by atoms with E-state index in [1.165, 1.54) is 0 Å². The van der Waals surface area contributed by atoms with Gasteiger partial charge in [0, 0.05) is 24.2 Å². The van der Waals surface area contributed by atoms with Crippen molar-refractivity contribution < 1.29 is 14.3 Å². The Bertz CT molecular complexity index is 1010. The van der Waals surface area contributed by atoms with E-state index in [0.717, 1.165) is 23.8 Å². The first-order valence-corrected chi connectivity index (χ1v) is 9.82. The number of nitrogens with one attached hydrogen (secondary N) is 2. The van der Waals surface area contributed by atoms with Crippen LogP contribution >= 0.6 is 0 Å². The lowest BCUT2D eigenvalue weighted by Crippen LogP contribution is -2.30. The van der Waals surface area contributed by atoms with E-state index in [1.54, 1.807) is 12.3 Å². The van der Waals surface area contributed by atoms with Gasteiger partial charge in [-0.05, 0) is 49.1 Å². The minimum absolute atomic E-state index is 0.0327. The predicted molar refractivity (Wildman–Crippen MR) is 111 cm³/mol. The number of benzene rings is 2. The Kier molecular flexibility index (Phi) is 5.70. The number of para-hydroxylation sites is 1. The van der Waals surface area contributed by atoms with Crippen LogP contribution in [-0.4, -0.2) is 36.0 Å². The molecule has 1 aliphatic carbocycles. The van der Waals surface area contributed by atoms with Crippen LogP contribution in [0.25, 0.3) is 10.9 Å². The fourth-order valence-corrected chi connectivity index (χ4v) is 3.10. The molecule has 6 heteroatoms. The lowest BCUT2D eigenvalue weighted by atomic mass is 10.1. The molecular weight excluding hydrogens is 366 g/mol.